The largest absolute Gasteiger partial charge is 0.484 e. The van der Waals surface area contributed by atoms with Gasteiger partial charge in [-0.2, -0.15) is 5.10 Å². The highest BCUT2D eigenvalue weighted by Crippen LogP contribution is 2.13. The SMILES string of the molecule is CCC/C(=N\NC(=O)COc1ccc(C(=O)OCC)cc1)c1ccccc1. The molecule has 27 heavy (non-hydrogen) atoms. The fraction of sp³-hybridized carbons (Fsp3) is 0.286. The van der Waals surface area contributed by atoms with Gasteiger partial charge in [-0.25, -0.2) is 10.2 Å². The monoisotopic (exact) mass is 368 g/mol. The molecular weight excluding hydrogens is 344 g/mol. The Morgan fingerprint density at radius 1 is 0.963 bits per heavy atom. The highest BCUT2D eigenvalue weighted by Gasteiger charge is 2.08. The average molecular weight is 368 g/mol. The summed E-state index contributed by atoms with van der Waals surface area (Å²) in [5.41, 5.74) is 4.77. The summed E-state index contributed by atoms with van der Waals surface area (Å²) in [7, 11) is 0. The quantitative estimate of drug-likeness (QED) is 0.417. The van der Waals surface area contributed by atoms with Gasteiger partial charge < -0.3 is 9.47 Å². The zero-order valence-corrected chi connectivity index (χ0v) is 15.6. The Balaban J connectivity index is 1.88. The van der Waals surface area contributed by atoms with E-state index in [1.54, 1.807) is 31.2 Å². The maximum absolute atomic E-state index is 12.0. The molecule has 2 rings (SSSR count). The molecule has 0 saturated heterocycles. The zero-order valence-electron chi connectivity index (χ0n) is 15.6. The van der Waals surface area contributed by atoms with Crippen molar-refractivity contribution in [1.82, 2.24) is 5.43 Å². The molecule has 6 heteroatoms. The van der Waals surface area contributed by atoms with Gasteiger partial charge in [0.1, 0.15) is 5.75 Å². The van der Waals surface area contributed by atoms with Crippen LogP contribution in [0.25, 0.3) is 0 Å². The summed E-state index contributed by atoms with van der Waals surface area (Å²) in [6.07, 6.45) is 1.69. The van der Waals surface area contributed by atoms with Crippen LogP contribution < -0.4 is 10.2 Å². The molecule has 0 spiro atoms. The fourth-order valence-electron chi connectivity index (χ4n) is 2.34. The molecule has 0 radical (unpaired) electrons. The lowest BCUT2D eigenvalue weighted by atomic mass is 10.1. The van der Waals surface area contributed by atoms with Crippen molar-refractivity contribution in [2.24, 2.45) is 5.10 Å². The molecule has 0 aliphatic carbocycles. The van der Waals surface area contributed by atoms with E-state index in [1.807, 2.05) is 30.3 Å². The lowest BCUT2D eigenvalue weighted by molar-refractivity contribution is -0.123. The van der Waals surface area contributed by atoms with Gasteiger partial charge in [-0.3, -0.25) is 4.79 Å². The van der Waals surface area contributed by atoms with E-state index >= 15 is 0 Å². The van der Waals surface area contributed by atoms with E-state index in [0.717, 1.165) is 24.1 Å². The number of carbonyl (C=O) groups excluding carboxylic acids is 2. The maximum Gasteiger partial charge on any atom is 0.338 e. The topological polar surface area (TPSA) is 77.0 Å². The molecule has 0 aliphatic heterocycles. The van der Waals surface area contributed by atoms with Crippen molar-refractivity contribution in [3.63, 3.8) is 0 Å². The molecule has 0 bridgehead atoms. The molecule has 0 unspecified atom stereocenters. The first-order valence-corrected chi connectivity index (χ1v) is 8.94. The number of ether oxygens (including phenoxy) is 2. The Labute approximate surface area is 159 Å². The summed E-state index contributed by atoms with van der Waals surface area (Å²) >= 11 is 0. The number of hydrogen-bond acceptors (Lipinski definition) is 5. The van der Waals surface area contributed by atoms with Gasteiger partial charge in [0.05, 0.1) is 17.9 Å². The van der Waals surface area contributed by atoms with Crippen LogP contribution in [0.1, 0.15) is 42.6 Å². The normalized spacial score (nSPS) is 11.0. The first-order valence-electron chi connectivity index (χ1n) is 8.94. The predicted octanol–water partition coefficient (Wildman–Crippen LogP) is 3.56. The van der Waals surface area contributed by atoms with Crippen LogP contribution in [0.3, 0.4) is 0 Å². The summed E-state index contributed by atoms with van der Waals surface area (Å²) in [6.45, 7) is 3.96. The Kier molecular flexibility index (Phi) is 8.03. The summed E-state index contributed by atoms with van der Waals surface area (Å²) in [5, 5.41) is 4.23. The summed E-state index contributed by atoms with van der Waals surface area (Å²) in [5.74, 6) is -0.256. The Hall–Kier alpha value is -3.15. The second-order valence-corrected chi connectivity index (χ2v) is 5.74. The lowest BCUT2D eigenvalue weighted by Crippen LogP contribution is -2.26. The highest BCUT2D eigenvalue weighted by molar-refractivity contribution is 6.01. The smallest absolute Gasteiger partial charge is 0.338 e. The number of nitrogens with zero attached hydrogens (tertiary/aromatic N) is 1. The minimum atomic E-state index is -0.388. The first kappa shape index (κ1) is 20.2. The van der Waals surface area contributed by atoms with Gasteiger partial charge in [-0.15, -0.1) is 0 Å². The van der Waals surface area contributed by atoms with Gasteiger partial charge >= 0.3 is 5.97 Å². The van der Waals surface area contributed by atoms with Crippen LogP contribution in [-0.4, -0.2) is 30.8 Å². The summed E-state index contributed by atoms with van der Waals surface area (Å²) in [6, 6.07) is 16.2. The summed E-state index contributed by atoms with van der Waals surface area (Å²) < 4.78 is 10.3. The van der Waals surface area contributed by atoms with Crippen LogP contribution in [0.15, 0.2) is 59.7 Å². The average Bonchev–Trinajstić information content (AvgIpc) is 2.70. The number of carbonyl (C=O) groups is 2. The van der Waals surface area contributed by atoms with Gasteiger partial charge in [-0.1, -0.05) is 43.7 Å². The van der Waals surface area contributed by atoms with Gasteiger partial charge in [0, 0.05) is 0 Å². The van der Waals surface area contributed by atoms with Crippen LogP contribution >= 0.6 is 0 Å². The zero-order chi connectivity index (χ0) is 19.5. The third kappa shape index (κ3) is 6.58. The Morgan fingerprint density at radius 3 is 2.30 bits per heavy atom. The minimum Gasteiger partial charge on any atom is -0.484 e. The molecule has 1 amide bonds. The number of rotatable bonds is 9. The molecule has 2 aromatic rings. The van der Waals surface area contributed by atoms with Crippen LogP contribution in [0.5, 0.6) is 5.75 Å². The van der Waals surface area contributed by atoms with E-state index in [2.05, 4.69) is 17.5 Å². The second kappa shape index (κ2) is 10.8. The van der Waals surface area contributed by atoms with E-state index in [-0.39, 0.29) is 18.5 Å². The van der Waals surface area contributed by atoms with Crippen molar-refractivity contribution in [2.75, 3.05) is 13.2 Å². The number of amides is 1. The van der Waals surface area contributed by atoms with E-state index in [1.165, 1.54) is 0 Å². The lowest BCUT2D eigenvalue weighted by Gasteiger charge is -2.08. The fourth-order valence-corrected chi connectivity index (χ4v) is 2.34. The van der Waals surface area contributed by atoms with E-state index in [0.29, 0.717) is 17.9 Å². The molecular formula is C21H24N2O4. The number of hydrogen-bond donors (Lipinski definition) is 1. The first-order chi connectivity index (χ1) is 13.1. The summed E-state index contributed by atoms with van der Waals surface area (Å²) in [4.78, 5) is 23.6. The molecule has 0 aliphatic rings. The van der Waals surface area contributed by atoms with Crippen molar-refractivity contribution in [3.8, 4) is 5.75 Å². The van der Waals surface area contributed by atoms with Gasteiger partial charge in [-0.05, 0) is 43.2 Å². The third-order valence-corrected chi connectivity index (χ3v) is 3.64. The van der Waals surface area contributed by atoms with E-state index in [9.17, 15) is 9.59 Å². The molecule has 0 aromatic heterocycles. The molecule has 1 N–H and O–H groups in total. The Bertz CT molecular complexity index is 771. The molecule has 0 atom stereocenters. The molecule has 0 saturated carbocycles. The van der Waals surface area contributed by atoms with Crippen molar-refractivity contribution in [1.29, 1.82) is 0 Å². The van der Waals surface area contributed by atoms with Crippen LogP contribution in [0.4, 0.5) is 0 Å². The van der Waals surface area contributed by atoms with Crippen molar-refractivity contribution >= 4 is 17.6 Å². The maximum atomic E-state index is 12.0. The van der Waals surface area contributed by atoms with Gasteiger partial charge in [0.25, 0.3) is 5.91 Å². The second-order valence-electron chi connectivity index (χ2n) is 5.74. The Morgan fingerprint density at radius 2 is 1.67 bits per heavy atom. The standard InChI is InChI=1S/C21H24N2O4/c1-3-8-19(16-9-6-5-7-10-16)22-23-20(24)15-27-18-13-11-17(12-14-18)21(25)26-4-2/h5-7,9-14H,3-4,8,15H2,1-2H3,(H,23,24)/b22-19+. The third-order valence-electron chi connectivity index (χ3n) is 3.64. The number of esters is 1. The molecule has 142 valence electrons. The van der Waals surface area contributed by atoms with Crippen molar-refractivity contribution in [2.45, 2.75) is 26.7 Å². The van der Waals surface area contributed by atoms with Crippen LogP contribution in [0, 0.1) is 0 Å². The number of nitrogens with one attached hydrogen (secondary N) is 1. The van der Waals surface area contributed by atoms with Crippen LogP contribution in [0.2, 0.25) is 0 Å². The number of benzene rings is 2. The molecule has 6 nitrogen and oxygen atoms in total. The van der Waals surface area contributed by atoms with E-state index < -0.39 is 0 Å². The van der Waals surface area contributed by atoms with E-state index in [4.69, 9.17) is 9.47 Å². The minimum absolute atomic E-state index is 0.170. The molecule has 0 heterocycles. The van der Waals surface area contributed by atoms with Crippen molar-refractivity contribution in [3.05, 3.63) is 65.7 Å². The van der Waals surface area contributed by atoms with Crippen LogP contribution in [-0.2, 0) is 9.53 Å². The highest BCUT2D eigenvalue weighted by atomic mass is 16.5. The van der Waals surface area contributed by atoms with Gasteiger partial charge in [0.2, 0.25) is 0 Å². The van der Waals surface area contributed by atoms with Crippen molar-refractivity contribution < 1.29 is 19.1 Å². The number of hydrazone groups is 1. The molecule has 0 fully saturated rings. The molecule has 2 aromatic carbocycles. The predicted molar refractivity (Wildman–Crippen MR) is 104 cm³/mol. The van der Waals surface area contributed by atoms with Gasteiger partial charge in [0.15, 0.2) is 6.61 Å².